The first-order valence-electron chi connectivity index (χ1n) is 10.4. The zero-order chi connectivity index (χ0) is 21.6. The van der Waals surface area contributed by atoms with Crippen molar-refractivity contribution in [3.05, 3.63) is 54.5 Å². The van der Waals surface area contributed by atoms with E-state index in [4.69, 9.17) is 9.47 Å². The molecule has 2 heterocycles. The summed E-state index contributed by atoms with van der Waals surface area (Å²) in [6.07, 6.45) is 7.70. The van der Waals surface area contributed by atoms with Crippen LogP contribution in [0, 0.1) is 0 Å². The molecule has 9 nitrogen and oxygen atoms in total. The number of para-hydroxylation sites is 1. The molecule has 31 heavy (non-hydrogen) atoms. The average Bonchev–Trinajstić information content (AvgIpc) is 3.53. The van der Waals surface area contributed by atoms with E-state index in [9.17, 15) is 9.59 Å². The second-order valence-corrected chi connectivity index (χ2v) is 7.28. The van der Waals surface area contributed by atoms with Gasteiger partial charge in [0, 0.05) is 6.07 Å². The van der Waals surface area contributed by atoms with Gasteiger partial charge in [-0.2, -0.15) is 10.2 Å². The zero-order valence-electron chi connectivity index (χ0n) is 17.4. The molecule has 2 aromatic heterocycles. The number of carbonyl (C=O) groups excluding carboxylic acids is 2. The molecule has 3 aromatic rings. The Morgan fingerprint density at radius 3 is 2.68 bits per heavy atom. The van der Waals surface area contributed by atoms with Gasteiger partial charge in [-0.25, -0.2) is 14.2 Å². The number of anilines is 1. The van der Waals surface area contributed by atoms with Crippen LogP contribution in [0.3, 0.4) is 0 Å². The number of nitrogens with one attached hydrogen (secondary N) is 1. The van der Waals surface area contributed by atoms with Crippen LogP contribution in [-0.4, -0.2) is 44.7 Å². The molecule has 1 aliphatic carbocycles. The summed E-state index contributed by atoms with van der Waals surface area (Å²) in [6, 6.07) is 11.4. The lowest BCUT2D eigenvalue weighted by Gasteiger charge is -2.14. The molecule has 0 saturated heterocycles. The predicted octanol–water partition coefficient (Wildman–Crippen LogP) is 3.38. The van der Waals surface area contributed by atoms with Crippen molar-refractivity contribution in [1.29, 1.82) is 0 Å². The van der Waals surface area contributed by atoms with Gasteiger partial charge in [0.2, 0.25) is 5.69 Å². The van der Waals surface area contributed by atoms with E-state index < -0.39 is 5.97 Å². The maximum atomic E-state index is 12.5. The van der Waals surface area contributed by atoms with Gasteiger partial charge in [-0.1, -0.05) is 31.0 Å². The first-order valence-corrected chi connectivity index (χ1v) is 10.4. The van der Waals surface area contributed by atoms with Gasteiger partial charge in [-0.3, -0.25) is 4.79 Å². The highest BCUT2D eigenvalue weighted by atomic mass is 16.5. The molecular weight excluding hydrogens is 398 g/mol. The summed E-state index contributed by atoms with van der Waals surface area (Å²) >= 11 is 0. The van der Waals surface area contributed by atoms with Crippen molar-refractivity contribution in [2.75, 3.05) is 18.5 Å². The van der Waals surface area contributed by atoms with Gasteiger partial charge in [0.25, 0.3) is 5.91 Å². The third kappa shape index (κ3) is 4.76. The molecular formula is C22H25N5O4. The zero-order valence-corrected chi connectivity index (χ0v) is 17.4. The van der Waals surface area contributed by atoms with E-state index in [-0.39, 0.29) is 30.6 Å². The first-order chi connectivity index (χ1) is 15.2. The lowest BCUT2D eigenvalue weighted by molar-refractivity contribution is -0.118. The maximum Gasteiger partial charge on any atom is 0.362 e. The molecule has 1 saturated carbocycles. The highest BCUT2D eigenvalue weighted by molar-refractivity contribution is 5.92. The Morgan fingerprint density at radius 2 is 1.94 bits per heavy atom. The minimum absolute atomic E-state index is 0.0227. The van der Waals surface area contributed by atoms with Gasteiger partial charge in [0.05, 0.1) is 30.7 Å². The topological polar surface area (TPSA) is 100 Å². The number of benzene rings is 1. The van der Waals surface area contributed by atoms with Crippen molar-refractivity contribution in [2.24, 2.45) is 0 Å². The van der Waals surface area contributed by atoms with Crippen molar-refractivity contribution in [3.63, 3.8) is 0 Å². The number of aromatic nitrogens is 4. The summed E-state index contributed by atoms with van der Waals surface area (Å²) in [5.41, 5.74) is 0.780. The highest BCUT2D eigenvalue weighted by Crippen LogP contribution is 2.31. The molecule has 0 radical (unpaired) electrons. The van der Waals surface area contributed by atoms with Gasteiger partial charge in [-0.15, -0.1) is 0 Å². The molecule has 4 rings (SSSR count). The molecule has 1 amide bonds. The Balaban J connectivity index is 1.46. The molecule has 0 atom stereocenters. The van der Waals surface area contributed by atoms with Crippen LogP contribution < -0.4 is 10.1 Å². The smallest absolute Gasteiger partial charge is 0.362 e. The fourth-order valence-electron chi connectivity index (χ4n) is 3.69. The molecule has 1 aromatic carbocycles. The Labute approximate surface area is 180 Å². The van der Waals surface area contributed by atoms with Gasteiger partial charge in [-0.05, 0) is 31.9 Å². The maximum absolute atomic E-state index is 12.5. The molecule has 0 unspecified atom stereocenters. The van der Waals surface area contributed by atoms with Crippen molar-refractivity contribution in [1.82, 2.24) is 19.6 Å². The number of rotatable bonds is 8. The summed E-state index contributed by atoms with van der Waals surface area (Å²) in [4.78, 5) is 24.8. The molecule has 0 bridgehead atoms. The van der Waals surface area contributed by atoms with E-state index in [0.29, 0.717) is 11.9 Å². The van der Waals surface area contributed by atoms with Crippen LogP contribution in [0.25, 0.3) is 5.69 Å². The SMILES string of the molecule is CCOC(=O)c1nn(-c2ccccc2)cc1OCC(=O)Nc1ccnn1C1CCCC1. The molecule has 0 aliphatic heterocycles. The number of amides is 1. The lowest BCUT2D eigenvalue weighted by atomic mass is 10.2. The van der Waals surface area contributed by atoms with Gasteiger partial charge < -0.3 is 14.8 Å². The number of ether oxygens (including phenoxy) is 2. The van der Waals surface area contributed by atoms with Crippen LogP contribution in [0.1, 0.15) is 49.1 Å². The molecule has 1 aliphatic rings. The Bertz CT molecular complexity index is 1040. The van der Waals surface area contributed by atoms with Crippen LogP contribution in [-0.2, 0) is 9.53 Å². The largest absolute Gasteiger partial charge is 0.480 e. The predicted molar refractivity (Wildman–Crippen MR) is 113 cm³/mol. The minimum atomic E-state index is -0.605. The standard InChI is InChI=1S/C22H25N5O4/c1-2-30-22(29)21-18(14-26(25-21)16-8-4-3-5-9-16)31-15-20(28)24-19-12-13-23-27(19)17-10-6-7-11-17/h3-5,8-9,12-14,17H,2,6-7,10-11,15H2,1H3,(H,24,28). The normalized spacial score (nSPS) is 13.8. The Morgan fingerprint density at radius 1 is 1.16 bits per heavy atom. The van der Waals surface area contributed by atoms with Crippen molar-refractivity contribution < 1.29 is 19.1 Å². The number of nitrogens with zero attached hydrogens (tertiary/aromatic N) is 4. The number of hydrogen-bond acceptors (Lipinski definition) is 6. The monoisotopic (exact) mass is 423 g/mol. The highest BCUT2D eigenvalue weighted by Gasteiger charge is 2.23. The third-order valence-electron chi connectivity index (χ3n) is 5.14. The summed E-state index contributed by atoms with van der Waals surface area (Å²) in [5, 5.41) is 11.5. The summed E-state index contributed by atoms with van der Waals surface area (Å²) in [6.45, 7) is 1.65. The average molecular weight is 423 g/mol. The molecule has 0 spiro atoms. The number of carbonyl (C=O) groups is 2. The van der Waals surface area contributed by atoms with Crippen molar-refractivity contribution >= 4 is 17.7 Å². The van der Waals surface area contributed by atoms with E-state index >= 15 is 0 Å². The molecule has 1 fully saturated rings. The summed E-state index contributed by atoms with van der Waals surface area (Å²) in [7, 11) is 0. The summed E-state index contributed by atoms with van der Waals surface area (Å²) in [5.74, 6) is -0.123. The van der Waals surface area contributed by atoms with Crippen LogP contribution in [0.15, 0.2) is 48.8 Å². The summed E-state index contributed by atoms with van der Waals surface area (Å²) < 4.78 is 14.1. The fraction of sp³-hybridized carbons (Fsp3) is 0.364. The first kappa shape index (κ1) is 20.6. The van der Waals surface area contributed by atoms with Crippen LogP contribution in [0.4, 0.5) is 5.82 Å². The third-order valence-corrected chi connectivity index (χ3v) is 5.14. The van der Waals surface area contributed by atoms with Crippen LogP contribution >= 0.6 is 0 Å². The quantitative estimate of drug-likeness (QED) is 0.558. The van der Waals surface area contributed by atoms with Crippen molar-refractivity contribution in [2.45, 2.75) is 38.6 Å². The second kappa shape index (κ2) is 9.46. The molecule has 1 N–H and O–H groups in total. The van der Waals surface area contributed by atoms with Crippen LogP contribution in [0.5, 0.6) is 5.75 Å². The minimum Gasteiger partial charge on any atom is -0.480 e. The fourth-order valence-corrected chi connectivity index (χ4v) is 3.69. The molecule has 162 valence electrons. The van der Waals surface area contributed by atoms with E-state index in [1.165, 1.54) is 17.5 Å². The van der Waals surface area contributed by atoms with Crippen molar-refractivity contribution in [3.8, 4) is 11.4 Å². The van der Waals surface area contributed by atoms with E-state index in [1.807, 2.05) is 35.0 Å². The van der Waals surface area contributed by atoms with Gasteiger partial charge in [0.1, 0.15) is 5.82 Å². The Hall–Kier alpha value is -3.62. The Kier molecular flexibility index (Phi) is 6.30. The van der Waals surface area contributed by atoms with Gasteiger partial charge >= 0.3 is 5.97 Å². The molecule has 9 heteroatoms. The second-order valence-electron chi connectivity index (χ2n) is 7.28. The van der Waals surface area contributed by atoms with Gasteiger partial charge in [0.15, 0.2) is 12.4 Å². The van der Waals surface area contributed by atoms with E-state index in [2.05, 4.69) is 15.5 Å². The lowest BCUT2D eigenvalue weighted by Crippen LogP contribution is -2.23. The van der Waals surface area contributed by atoms with E-state index in [0.717, 1.165) is 18.5 Å². The van der Waals surface area contributed by atoms with Crippen LogP contribution in [0.2, 0.25) is 0 Å². The number of hydrogen-bond donors (Lipinski definition) is 1. The number of esters is 1. The van der Waals surface area contributed by atoms with E-state index in [1.54, 1.807) is 25.4 Å².